The summed E-state index contributed by atoms with van der Waals surface area (Å²) in [5.74, 6) is 0.197. The van der Waals surface area contributed by atoms with Crippen molar-refractivity contribution in [1.29, 1.82) is 0 Å². The molecule has 1 aliphatic heterocycles. The van der Waals surface area contributed by atoms with Gasteiger partial charge in [-0.25, -0.2) is 4.79 Å². The predicted octanol–water partition coefficient (Wildman–Crippen LogP) is 3.39. The molecule has 0 unspecified atom stereocenters. The largest absolute Gasteiger partial charge is 0.421 e. The molecule has 0 saturated carbocycles. The third-order valence-electron chi connectivity index (χ3n) is 1.49. The van der Waals surface area contributed by atoms with E-state index in [-0.39, 0.29) is 5.97 Å². The summed E-state index contributed by atoms with van der Waals surface area (Å²) in [5.41, 5.74) is 0.563. The standard InChI is InChI=1S/C9H8Br2O2/c1-2-3-4-6-8(11)7(5-10)13-9(6)12/h3-5H,2H2,1H3/b4-3+,7-5-. The van der Waals surface area contributed by atoms with Crippen LogP contribution in [0.4, 0.5) is 0 Å². The second-order valence-electron chi connectivity index (χ2n) is 2.40. The van der Waals surface area contributed by atoms with E-state index in [0.717, 1.165) is 6.42 Å². The predicted molar refractivity (Wildman–Crippen MR) is 58.5 cm³/mol. The summed E-state index contributed by atoms with van der Waals surface area (Å²) >= 11 is 6.40. The zero-order valence-electron chi connectivity index (χ0n) is 7.01. The van der Waals surface area contributed by atoms with Crippen molar-refractivity contribution in [2.75, 3.05) is 0 Å². The molecule has 0 atom stereocenters. The van der Waals surface area contributed by atoms with E-state index in [1.54, 1.807) is 11.1 Å². The third kappa shape index (κ3) is 2.31. The van der Waals surface area contributed by atoms with E-state index in [9.17, 15) is 4.79 Å². The molecule has 0 N–H and O–H groups in total. The Morgan fingerprint density at radius 3 is 2.69 bits per heavy atom. The lowest BCUT2D eigenvalue weighted by molar-refractivity contribution is -0.132. The first-order valence-corrected chi connectivity index (χ1v) is 5.50. The van der Waals surface area contributed by atoms with E-state index in [4.69, 9.17) is 4.74 Å². The molecule has 4 heteroatoms. The van der Waals surface area contributed by atoms with Crippen LogP contribution >= 0.6 is 31.9 Å². The molecule has 1 aliphatic rings. The normalized spacial score (nSPS) is 20.5. The fourth-order valence-electron chi connectivity index (χ4n) is 0.869. The molecule has 0 radical (unpaired) electrons. The van der Waals surface area contributed by atoms with Gasteiger partial charge in [0.2, 0.25) is 0 Å². The molecule has 0 aliphatic carbocycles. The maximum absolute atomic E-state index is 11.2. The summed E-state index contributed by atoms with van der Waals surface area (Å²) in [7, 11) is 0. The van der Waals surface area contributed by atoms with Crippen LogP contribution in [0, 0.1) is 0 Å². The molecule has 0 saturated heterocycles. The van der Waals surface area contributed by atoms with Crippen molar-refractivity contribution >= 4 is 37.8 Å². The first-order valence-electron chi connectivity index (χ1n) is 3.80. The summed E-state index contributed by atoms with van der Waals surface area (Å²) in [6.45, 7) is 2.01. The maximum Gasteiger partial charge on any atom is 0.344 e. The third-order valence-corrected chi connectivity index (χ3v) is 2.73. The van der Waals surface area contributed by atoms with Crippen LogP contribution in [-0.4, -0.2) is 5.97 Å². The molecule has 0 amide bonds. The van der Waals surface area contributed by atoms with Gasteiger partial charge in [-0.1, -0.05) is 35.0 Å². The van der Waals surface area contributed by atoms with Gasteiger partial charge in [-0.3, -0.25) is 0 Å². The van der Waals surface area contributed by atoms with E-state index in [2.05, 4.69) is 31.9 Å². The number of hydrogen-bond acceptors (Lipinski definition) is 2. The van der Waals surface area contributed by atoms with Gasteiger partial charge in [0.15, 0.2) is 5.76 Å². The molecular formula is C9H8Br2O2. The molecule has 0 spiro atoms. The van der Waals surface area contributed by atoms with E-state index in [0.29, 0.717) is 15.8 Å². The van der Waals surface area contributed by atoms with Crippen molar-refractivity contribution in [2.45, 2.75) is 13.3 Å². The SMILES string of the molecule is CC/C=C/C1=C(Br)C(=C/Br)/OC1=O. The van der Waals surface area contributed by atoms with Gasteiger partial charge < -0.3 is 4.74 Å². The van der Waals surface area contributed by atoms with E-state index >= 15 is 0 Å². The Balaban J connectivity index is 2.99. The lowest BCUT2D eigenvalue weighted by Crippen LogP contribution is -1.95. The molecule has 1 heterocycles. The molecule has 1 rings (SSSR count). The van der Waals surface area contributed by atoms with Crippen LogP contribution < -0.4 is 0 Å². The van der Waals surface area contributed by atoms with E-state index in [1.807, 2.05) is 13.0 Å². The molecule has 0 aromatic heterocycles. The number of carbonyl (C=O) groups excluding carboxylic acids is 1. The second kappa shape index (κ2) is 4.77. The molecular weight excluding hydrogens is 300 g/mol. The Morgan fingerprint density at radius 1 is 1.54 bits per heavy atom. The number of rotatable bonds is 2. The average molecular weight is 308 g/mol. The Labute approximate surface area is 93.6 Å². The van der Waals surface area contributed by atoms with Gasteiger partial charge in [-0.2, -0.15) is 0 Å². The van der Waals surface area contributed by atoms with Crippen molar-refractivity contribution in [2.24, 2.45) is 0 Å². The van der Waals surface area contributed by atoms with Crippen molar-refractivity contribution in [3.05, 3.63) is 33.0 Å². The number of cyclic esters (lactones) is 1. The molecule has 0 fully saturated rings. The highest BCUT2D eigenvalue weighted by Crippen LogP contribution is 2.32. The van der Waals surface area contributed by atoms with Crippen molar-refractivity contribution in [1.82, 2.24) is 0 Å². The quantitative estimate of drug-likeness (QED) is 0.731. The minimum atomic E-state index is -0.317. The number of hydrogen-bond donors (Lipinski definition) is 0. The zero-order valence-corrected chi connectivity index (χ0v) is 10.2. The number of allylic oxidation sites excluding steroid dienone is 2. The number of ether oxygens (including phenoxy) is 1. The monoisotopic (exact) mass is 306 g/mol. The Hall–Kier alpha value is -0.350. The molecule has 0 bridgehead atoms. The first kappa shape index (κ1) is 10.7. The highest BCUT2D eigenvalue weighted by molar-refractivity contribution is 9.12. The van der Waals surface area contributed by atoms with Gasteiger partial charge in [0.25, 0.3) is 0 Å². The van der Waals surface area contributed by atoms with Gasteiger partial charge in [0.1, 0.15) is 0 Å². The number of halogens is 2. The minimum Gasteiger partial charge on any atom is -0.421 e. The fraction of sp³-hybridized carbons (Fsp3) is 0.222. The van der Waals surface area contributed by atoms with Gasteiger partial charge >= 0.3 is 5.97 Å². The van der Waals surface area contributed by atoms with E-state index in [1.165, 1.54) is 0 Å². The summed E-state index contributed by atoms with van der Waals surface area (Å²) in [4.78, 5) is 12.8. The Morgan fingerprint density at radius 2 is 2.23 bits per heavy atom. The summed E-state index contributed by atoms with van der Waals surface area (Å²) in [6, 6.07) is 0. The van der Waals surface area contributed by atoms with E-state index < -0.39 is 0 Å². The van der Waals surface area contributed by atoms with Crippen LogP contribution in [0.25, 0.3) is 0 Å². The van der Waals surface area contributed by atoms with Gasteiger partial charge in [0.05, 0.1) is 10.1 Å². The van der Waals surface area contributed by atoms with Crippen molar-refractivity contribution < 1.29 is 9.53 Å². The average Bonchev–Trinajstić information content (AvgIpc) is 2.39. The smallest absolute Gasteiger partial charge is 0.344 e. The summed E-state index contributed by atoms with van der Waals surface area (Å²) < 4.78 is 5.63. The zero-order chi connectivity index (χ0) is 9.84. The topological polar surface area (TPSA) is 26.3 Å². The van der Waals surface area contributed by atoms with Crippen molar-refractivity contribution in [3.8, 4) is 0 Å². The molecule has 13 heavy (non-hydrogen) atoms. The summed E-state index contributed by atoms with van der Waals surface area (Å²) in [5, 5.41) is 0. The van der Waals surface area contributed by atoms with Gasteiger partial charge in [-0.05, 0) is 22.4 Å². The lowest BCUT2D eigenvalue weighted by atomic mass is 10.2. The maximum atomic E-state index is 11.2. The summed E-state index contributed by atoms with van der Waals surface area (Å²) in [6.07, 6.45) is 4.56. The van der Waals surface area contributed by atoms with Crippen LogP contribution in [0.2, 0.25) is 0 Å². The van der Waals surface area contributed by atoms with Crippen LogP contribution in [0.3, 0.4) is 0 Å². The van der Waals surface area contributed by atoms with Crippen molar-refractivity contribution in [3.63, 3.8) is 0 Å². The van der Waals surface area contributed by atoms with Crippen LogP contribution in [0.5, 0.6) is 0 Å². The highest BCUT2D eigenvalue weighted by atomic mass is 79.9. The highest BCUT2D eigenvalue weighted by Gasteiger charge is 2.25. The fourth-order valence-corrected chi connectivity index (χ4v) is 1.99. The molecule has 0 aromatic rings. The van der Waals surface area contributed by atoms with Gasteiger partial charge in [0, 0.05) is 4.99 Å². The Kier molecular flexibility index (Phi) is 3.93. The Bertz CT molecular complexity index is 314. The second-order valence-corrected chi connectivity index (χ2v) is 3.65. The van der Waals surface area contributed by atoms with Crippen LogP contribution in [-0.2, 0) is 9.53 Å². The minimum absolute atomic E-state index is 0.317. The molecule has 2 nitrogen and oxygen atoms in total. The molecule has 70 valence electrons. The van der Waals surface area contributed by atoms with Crippen LogP contribution in [0.1, 0.15) is 13.3 Å². The number of esters is 1. The molecule has 0 aromatic carbocycles. The first-order chi connectivity index (χ1) is 6.20. The lowest BCUT2D eigenvalue weighted by Gasteiger charge is -1.91. The van der Waals surface area contributed by atoms with Crippen LogP contribution in [0.15, 0.2) is 33.0 Å². The van der Waals surface area contributed by atoms with Gasteiger partial charge in [-0.15, -0.1) is 0 Å². The number of carbonyl (C=O) groups is 1.